The predicted molar refractivity (Wildman–Crippen MR) is 90.1 cm³/mol. The number of hydrogen-bond donors (Lipinski definition) is 1. The SMILES string of the molecule is CC1CCC(CC(CNC(C)(C)C)c2cccc(Cl)c2)O1. The van der Waals surface area contributed by atoms with Gasteiger partial charge >= 0.3 is 0 Å². The van der Waals surface area contributed by atoms with Gasteiger partial charge in [-0.1, -0.05) is 23.7 Å². The topological polar surface area (TPSA) is 21.3 Å². The van der Waals surface area contributed by atoms with E-state index < -0.39 is 0 Å². The number of benzene rings is 1. The van der Waals surface area contributed by atoms with Gasteiger partial charge in [0, 0.05) is 17.1 Å². The predicted octanol–water partition coefficient (Wildman–Crippen LogP) is 4.77. The maximum Gasteiger partial charge on any atom is 0.0586 e. The van der Waals surface area contributed by atoms with E-state index in [2.05, 4.69) is 45.1 Å². The highest BCUT2D eigenvalue weighted by Crippen LogP contribution is 2.30. The van der Waals surface area contributed by atoms with Crippen molar-refractivity contribution in [2.45, 2.75) is 70.6 Å². The first-order valence-electron chi connectivity index (χ1n) is 7.99. The minimum absolute atomic E-state index is 0.126. The van der Waals surface area contributed by atoms with Gasteiger partial charge in [0.1, 0.15) is 0 Å². The smallest absolute Gasteiger partial charge is 0.0586 e. The largest absolute Gasteiger partial charge is 0.375 e. The molecule has 0 radical (unpaired) electrons. The summed E-state index contributed by atoms with van der Waals surface area (Å²) in [7, 11) is 0. The van der Waals surface area contributed by atoms with Crippen molar-refractivity contribution in [3.05, 3.63) is 34.9 Å². The molecule has 0 saturated carbocycles. The second-order valence-corrected chi connectivity index (χ2v) is 7.70. The molecule has 118 valence electrons. The van der Waals surface area contributed by atoms with Crippen molar-refractivity contribution in [2.24, 2.45) is 0 Å². The fourth-order valence-electron chi connectivity index (χ4n) is 2.90. The first kappa shape index (κ1) is 16.8. The van der Waals surface area contributed by atoms with Gasteiger partial charge in [-0.05, 0) is 70.6 Å². The maximum absolute atomic E-state index is 6.17. The van der Waals surface area contributed by atoms with E-state index in [1.807, 2.05) is 12.1 Å². The molecule has 2 rings (SSSR count). The minimum atomic E-state index is 0.126. The Morgan fingerprint density at radius 2 is 2.10 bits per heavy atom. The van der Waals surface area contributed by atoms with Crippen molar-refractivity contribution < 1.29 is 4.74 Å². The Labute approximate surface area is 134 Å². The number of halogens is 1. The van der Waals surface area contributed by atoms with E-state index in [-0.39, 0.29) is 5.54 Å². The molecule has 1 aliphatic rings. The molecule has 1 fully saturated rings. The fraction of sp³-hybridized carbons (Fsp3) is 0.667. The molecule has 1 aromatic carbocycles. The number of ether oxygens (including phenoxy) is 1. The molecule has 3 atom stereocenters. The van der Waals surface area contributed by atoms with E-state index in [9.17, 15) is 0 Å². The molecule has 1 N–H and O–H groups in total. The van der Waals surface area contributed by atoms with Crippen molar-refractivity contribution in [3.63, 3.8) is 0 Å². The van der Waals surface area contributed by atoms with Gasteiger partial charge in [-0.25, -0.2) is 0 Å². The molecule has 0 bridgehead atoms. The van der Waals surface area contributed by atoms with Crippen molar-refractivity contribution in [1.82, 2.24) is 5.32 Å². The van der Waals surface area contributed by atoms with Gasteiger partial charge in [-0.2, -0.15) is 0 Å². The summed E-state index contributed by atoms with van der Waals surface area (Å²) in [5.41, 5.74) is 1.43. The summed E-state index contributed by atoms with van der Waals surface area (Å²) in [5.74, 6) is 0.443. The van der Waals surface area contributed by atoms with Crippen molar-refractivity contribution in [1.29, 1.82) is 0 Å². The lowest BCUT2D eigenvalue weighted by atomic mass is 9.91. The summed E-state index contributed by atoms with van der Waals surface area (Å²) in [6, 6.07) is 8.25. The zero-order chi connectivity index (χ0) is 15.5. The molecule has 0 aromatic heterocycles. The summed E-state index contributed by atoms with van der Waals surface area (Å²) in [6.45, 7) is 9.74. The highest BCUT2D eigenvalue weighted by Gasteiger charge is 2.26. The average Bonchev–Trinajstić information content (AvgIpc) is 2.79. The van der Waals surface area contributed by atoms with Gasteiger partial charge in [-0.3, -0.25) is 0 Å². The lowest BCUT2D eigenvalue weighted by Gasteiger charge is -2.27. The quantitative estimate of drug-likeness (QED) is 0.846. The monoisotopic (exact) mass is 309 g/mol. The van der Waals surface area contributed by atoms with E-state index in [1.54, 1.807) is 0 Å². The summed E-state index contributed by atoms with van der Waals surface area (Å²) in [4.78, 5) is 0. The number of nitrogens with one attached hydrogen (secondary N) is 1. The Bertz CT molecular complexity index is 455. The molecule has 0 aliphatic carbocycles. The van der Waals surface area contributed by atoms with Gasteiger partial charge in [0.05, 0.1) is 12.2 Å². The van der Waals surface area contributed by atoms with Crippen LogP contribution in [-0.4, -0.2) is 24.3 Å². The van der Waals surface area contributed by atoms with Gasteiger partial charge in [-0.15, -0.1) is 0 Å². The zero-order valence-corrected chi connectivity index (χ0v) is 14.4. The second-order valence-electron chi connectivity index (χ2n) is 7.26. The molecular weight excluding hydrogens is 282 g/mol. The van der Waals surface area contributed by atoms with Crippen molar-refractivity contribution in [2.75, 3.05) is 6.54 Å². The molecule has 2 nitrogen and oxygen atoms in total. The Kier molecular flexibility index (Phi) is 5.70. The van der Waals surface area contributed by atoms with Crippen LogP contribution < -0.4 is 5.32 Å². The first-order valence-corrected chi connectivity index (χ1v) is 8.37. The van der Waals surface area contributed by atoms with Gasteiger partial charge in [0.25, 0.3) is 0 Å². The zero-order valence-electron chi connectivity index (χ0n) is 13.7. The van der Waals surface area contributed by atoms with Crippen LogP contribution in [0.1, 0.15) is 58.4 Å². The van der Waals surface area contributed by atoms with E-state index >= 15 is 0 Å². The summed E-state index contributed by atoms with van der Waals surface area (Å²) >= 11 is 6.17. The van der Waals surface area contributed by atoms with Crippen LogP contribution in [0.3, 0.4) is 0 Å². The normalized spacial score (nSPS) is 24.2. The van der Waals surface area contributed by atoms with Gasteiger partial charge in [0.2, 0.25) is 0 Å². The third kappa shape index (κ3) is 5.61. The summed E-state index contributed by atoms with van der Waals surface area (Å²) < 4.78 is 6.01. The number of rotatable bonds is 5. The average molecular weight is 310 g/mol. The van der Waals surface area contributed by atoms with Gasteiger partial charge in [0.15, 0.2) is 0 Å². The molecule has 1 aliphatic heterocycles. The summed E-state index contributed by atoms with van der Waals surface area (Å²) in [5, 5.41) is 4.44. The molecule has 1 aromatic rings. The minimum Gasteiger partial charge on any atom is -0.375 e. The van der Waals surface area contributed by atoms with Crippen molar-refractivity contribution >= 4 is 11.6 Å². The van der Waals surface area contributed by atoms with Crippen LogP contribution in [0.5, 0.6) is 0 Å². The maximum atomic E-state index is 6.17. The molecule has 21 heavy (non-hydrogen) atoms. The van der Waals surface area contributed by atoms with E-state index in [0.717, 1.165) is 18.0 Å². The van der Waals surface area contributed by atoms with Gasteiger partial charge < -0.3 is 10.1 Å². The van der Waals surface area contributed by atoms with E-state index in [1.165, 1.54) is 18.4 Å². The third-order valence-electron chi connectivity index (χ3n) is 4.07. The standard InChI is InChI=1S/C18H28ClNO/c1-13-8-9-17(21-13)11-15(12-20-18(2,3)4)14-6-5-7-16(19)10-14/h5-7,10,13,15,17,20H,8-9,11-12H2,1-4H3. The van der Waals surface area contributed by atoms with E-state index in [0.29, 0.717) is 18.1 Å². The van der Waals surface area contributed by atoms with Crippen LogP contribution in [0, 0.1) is 0 Å². The molecule has 3 unspecified atom stereocenters. The van der Waals surface area contributed by atoms with Crippen LogP contribution in [-0.2, 0) is 4.74 Å². The van der Waals surface area contributed by atoms with Crippen LogP contribution >= 0.6 is 11.6 Å². The first-order chi connectivity index (χ1) is 9.83. The second kappa shape index (κ2) is 7.13. The molecular formula is C18H28ClNO. The van der Waals surface area contributed by atoms with E-state index in [4.69, 9.17) is 16.3 Å². The molecule has 1 heterocycles. The van der Waals surface area contributed by atoms with Crippen LogP contribution in [0.15, 0.2) is 24.3 Å². The third-order valence-corrected chi connectivity index (χ3v) is 4.30. The highest BCUT2D eigenvalue weighted by atomic mass is 35.5. The molecule has 0 spiro atoms. The molecule has 0 amide bonds. The van der Waals surface area contributed by atoms with Crippen LogP contribution in [0.2, 0.25) is 5.02 Å². The molecule has 1 saturated heterocycles. The fourth-order valence-corrected chi connectivity index (χ4v) is 3.10. The molecule has 3 heteroatoms. The Morgan fingerprint density at radius 3 is 2.67 bits per heavy atom. The lowest BCUT2D eigenvalue weighted by molar-refractivity contribution is 0.0462. The van der Waals surface area contributed by atoms with Crippen LogP contribution in [0.25, 0.3) is 0 Å². The Morgan fingerprint density at radius 1 is 1.33 bits per heavy atom. The Balaban J connectivity index is 2.06. The Hall–Kier alpha value is -0.570. The lowest BCUT2D eigenvalue weighted by Crippen LogP contribution is -2.39. The highest BCUT2D eigenvalue weighted by molar-refractivity contribution is 6.30. The van der Waals surface area contributed by atoms with Crippen LogP contribution in [0.4, 0.5) is 0 Å². The summed E-state index contributed by atoms with van der Waals surface area (Å²) in [6.07, 6.45) is 4.21. The van der Waals surface area contributed by atoms with Crippen molar-refractivity contribution in [3.8, 4) is 0 Å². The number of hydrogen-bond acceptors (Lipinski definition) is 2.